The van der Waals surface area contributed by atoms with E-state index in [0.29, 0.717) is 18.8 Å². The molecule has 0 aromatic rings. The normalized spacial score (nSPS) is 20.6. The molecule has 1 aliphatic rings. The van der Waals surface area contributed by atoms with E-state index in [-0.39, 0.29) is 5.91 Å². The van der Waals surface area contributed by atoms with Crippen LogP contribution in [0.1, 0.15) is 45.4 Å². The van der Waals surface area contributed by atoms with Crippen molar-refractivity contribution in [2.75, 3.05) is 13.1 Å². The fraction of sp³-hybridized carbons (Fsp3) is 0.846. The van der Waals surface area contributed by atoms with Gasteiger partial charge in [0.2, 0.25) is 5.91 Å². The lowest BCUT2D eigenvalue weighted by atomic mass is 10.0. The Labute approximate surface area is 108 Å². The summed E-state index contributed by atoms with van der Waals surface area (Å²) in [6, 6.07) is -0.723. The van der Waals surface area contributed by atoms with Gasteiger partial charge >= 0.3 is 5.97 Å². The molecule has 0 radical (unpaired) electrons. The molecule has 5 nitrogen and oxygen atoms in total. The molecule has 18 heavy (non-hydrogen) atoms. The van der Waals surface area contributed by atoms with Crippen molar-refractivity contribution in [2.45, 2.75) is 51.5 Å². The van der Waals surface area contributed by atoms with Gasteiger partial charge < -0.3 is 15.7 Å². The minimum atomic E-state index is -0.931. The maximum atomic E-state index is 11.7. The minimum absolute atomic E-state index is 0.134. The zero-order valence-electron chi connectivity index (χ0n) is 11.1. The van der Waals surface area contributed by atoms with E-state index in [1.54, 1.807) is 0 Å². The Hall–Kier alpha value is -1.10. The number of nitrogens with one attached hydrogen (secondary N) is 2. The SMILES string of the molecule is CCCC[C@H](NC(=O)CCC1CCNC1)C(=O)O. The summed E-state index contributed by atoms with van der Waals surface area (Å²) in [4.78, 5) is 22.7. The lowest BCUT2D eigenvalue weighted by Crippen LogP contribution is -2.40. The van der Waals surface area contributed by atoms with Gasteiger partial charge in [0.25, 0.3) is 0 Å². The molecule has 0 aliphatic carbocycles. The number of hydrogen-bond acceptors (Lipinski definition) is 3. The van der Waals surface area contributed by atoms with Crippen LogP contribution >= 0.6 is 0 Å². The number of amides is 1. The maximum absolute atomic E-state index is 11.7. The first-order valence-electron chi connectivity index (χ1n) is 6.86. The van der Waals surface area contributed by atoms with Gasteiger partial charge in [-0.25, -0.2) is 4.79 Å². The Bertz CT molecular complexity index is 275. The average molecular weight is 256 g/mol. The van der Waals surface area contributed by atoms with Crippen LogP contribution in [-0.2, 0) is 9.59 Å². The number of aliphatic carboxylic acids is 1. The van der Waals surface area contributed by atoms with E-state index in [0.717, 1.165) is 38.8 Å². The summed E-state index contributed by atoms with van der Waals surface area (Å²) in [5.74, 6) is -0.501. The molecule has 0 aromatic heterocycles. The van der Waals surface area contributed by atoms with Crippen LogP contribution in [0.15, 0.2) is 0 Å². The Morgan fingerprint density at radius 1 is 1.50 bits per heavy atom. The lowest BCUT2D eigenvalue weighted by molar-refractivity contribution is -0.142. The third-order valence-corrected chi connectivity index (χ3v) is 3.42. The monoisotopic (exact) mass is 256 g/mol. The van der Waals surface area contributed by atoms with Gasteiger partial charge in [0.05, 0.1) is 0 Å². The number of hydrogen-bond donors (Lipinski definition) is 3. The molecule has 0 bridgehead atoms. The number of carboxylic acid groups (broad SMARTS) is 1. The topological polar surface area (TPSA) is 78.4 Å². The first-order valence-corrected chi connectivity index (χ1v) is 6.86. The zero-order chi connectivity index (χ0) is 13.4. The average Bonchev–Trinajstić information content (AvgIpc) is 2.84. The van der Waals surface area contributed by atoms with Crippen molar-refractivity contribution in [3.63, 3.8) is 0 Å². The fourth-order valence-electron chi connectivity index (χ4n) is 2.23. The standard InChI is InChI=1S/C13H24N2O3/c1-2-3-4-11(13(17)18)15-12(16)6-5-10-7-8-14-9-10/h10-11,14H,2-9H2,1H3,(H,15,16)(H,17,18)/t10?,11-/m0/s1. The highest BCUT2D eigenvalue weighted by molar-refractivity contribution is 5.83. The van der Waals surface area contributed by atoms with Gasteiger partial charge in [-0.3, -0.25) is 4.79 Å². The quantitative estimate of drug-likeness (QED) is 0.608. The molecule has 1 amide bonds. The van der Waals surface area contributed by atoms with Crippen molar-refractivity contribution in [1.82, 2.24) is 10.6 Å². The van der Waals surface area contributed by atoms with Gasteiger partial charge in [0.15, 0.2) is 0 Å². The highest BCUT2D eigenvalue weighted by Gasteiger charge is 2.20. The molecule has 104 valence electrons. The van der Waals surface area contributed by atoms with E-state index in [9.17, 15) is 9.59 Å². The van der Waals surface area contributed by atoms with Gasteiger partial charge in [0.1, 0.15) is 6.04 Å². The van der Waals surface area contributed by atoms with Crippen LogP contribution in [0, 0.1) is 5.92 Å². The molecule has 1 aliphatic heterocycles. The molecule has 1 unspecified atom stereocenters. The lowest BCUT2D eigenvalue weighted by Gasteiger charge is -2.15. The highest BCUT2D eigenvalue weighted by Crippen LogP contribution is 2.14. The van der Waals surface area contributed by atoms with Crippen molar-refractivity contribution in [3.8, 4) is 0 Å². The molecule has 3 N–H and O–H groups in total. The summed E-state index contributed by atoms with van der Waals surface area (Å²) in [7, 11) is 0. The Kier molecular flexibility index (Phi) is 6.72. The van der Waals surface area contributed by atoms with E-state index < -0.39 is 12.0 Å². The number of carboxylic acids is 1. The van der Waals surface area contributed by atoms with Gasteiger partial charge in [-0.15, -0.1) is 0 Å². The first-order chi connectivity index (χ1) is 8.63. The predicted octanol–water partition coefficient (Wildman–Crippen LogP) is 1.14. The number of carbonyl (C=O) groups excluding carboxylic acids is 1. The van der Waals surface area contributed by atoms with Crippen LogP contribution in [0.4, 0.5) is 0 Å². The molecule has 0 aromatic carbocycles. The maximum Gasteiger partial charge on any atom is 0.326 e. The molecule has 0 spiro atoms. The summed E-state index contributed by atoms with van der Waals surface area (Å²) in [6.07, 6.45) is 4.67. The van der Waals surface area contributed by atoms with Crippen LogP contribution in [0.2, 0.25) is 0 Å². The van der Waals surface area contributed by atoms with Crippen molar-refractivity contribution in [3.05, 3.63) is 0 Å². The minimum Gasteiger partial charge on any atom is -0.480 e. The van der Waals surface area contributed by atoms with Crippen molar-refractivity contribution in [2.24, 2.45) is 5.92 Å². The summed E-state index contributed by atoms with van der Waals surface area (Å²) < 4.78 is 0. The molecular formula is C13H24N2O3. The smallest absolute Gasteiger partial charge is 0.326 e. The number of unbranched alkanes of at least 4 members (excludes halogenated alkanes) is 1. The zero-order valence-corrected chi connectivity index (χ0v) is 11.1. The van der Waals surface area contributed by atoms with Gasteiger partial charge in [-0.1, -0.05) is 19.8 Å². The third kappa shape index (κ3) is 5.49. The molecule has 1 heterocycles. The Balaban J connectivity index is 2.24. The van der Waals surface area contributed by atoms with E-state index in [4.69, 9.17) is 5.11 Å². The molecule has 2 atom stereocenters. The summed E-state index contributed by atoms with van der Waals surface area (Å²) in [5, 5.41) is 14.9. The van der Waals surface area contributed by atoms with Crippen LogP contribution < -0.4 is 10.6 Å². The molecule has 1 fully saturated rings. The van der Waals surface area contributed by atoms with E-state index in [2.05, 4.69) is 10.6 Å². The fourth-order valence-corrected chi connectivity index (χ4v) is 2.23. The second kappa shape index (κ2) is 8.08. The summed E-state index contributed by atoms with van der Waals surface area (Å²) in [5.41, 5.74) is 0. The van der Waals surface area contributed by atoms with Crippen LogP contribution in [0.5, 0.6) is 0 Å². The van der Waals surface area contributed by atoms with Crippen molar-refractivity contribution < 1.29 is 14.7 Å². The number of carbonyl (C=O) groups is 2. The first kappa shape index (κ1) is 15.0. The second-order valence-corrected chi connectivity index (χ2v) is 5.00. The highest BCUT2D eigenvalue weighted by atomic mass is 16.4. The van der Waals surface area contributed by atoms with Crippen molar-refractivity contribution in [1.29, 1.82) is 0 Å². The summed E-state index contributed by atoms with van der Waals surface area (Å²) in [6.45, 7) is 4.01. The molecule has 0 saturated carbocycles. The van der Waals surface area contributed by atoms with E-state index in [1.165, 1.54) is 0 Å². The predicted molar refractivity (Wildman–Crippen MR) is 69.3 cm³/mol. The molecule has 1 saturated heterocycles. The van der Waals surface area contributed by atoms with E-state index in [1.807, 2.05) is 6.92 Å². The van der Waals surface area contributed by atoms with Crippen LogP contribution in [0.25, 0.3) is 0 Å². The van der Waals surface area contributed by atoms with Gasteiger partial charge in [0, 0.05) is 6.42 Å². The van der Waals surface area contributed by atoms with Crippen LogP contribution in [0.3, 0.4) is 0 Å². The van der Waals surface area contributed by atoms with Gasteiger partial charge in [-0.05, 0) is 38.3 Å². The Morgan fingerprint density at radius 2 is 2.28 bits per heavy atom. The molecule has 5 heteroatoms. The molecular weight excluding hydrogens is 232 g/mol. The number of rotatable bonds is 8. The van der Waals surface area contributed by atoms with Gasteiger partial charge in [-0.2, -0.15) is 0 Å². The largest absolute Gasteiger partial charge is 0.480 e. The molecule has 1 rings (SSSR count). The van der Waals surface area contributed by atoms with Crippen LogP contribution in [-0.4, -0.2) is 36.1 Å². The third-order valence-electron chi connectivity index (χ3n) is 3.42. The Morgan fingerprint density at radius 3 is 2.83 bits per heavy atom. The van der Waals surface area contributed by atoms with Crippen molar-refractivity contribution >= 4 is 11.9 Å². The summed E-state index contributed by atoms with van der Waals surface area (Å²) >= 11 is 0. The van der Waals surface area contributed by atoms with E-state index >= 15 is 0 Å². The second-order valence-electron chi connectivity index (χ2n) is 5.00.